The smallest absolute Gasteiger partial charge is 0.161 e. The zero-order chi connectivity index (χ0) is 18.4. The number of fused-ring (bicyclic) bond motifs is 3. The van der Waals surface area contributed by atoms with E-state index in [2.05, 4.69) is 13.8 Å². The highest BCUT2D eigenvalue weighted by atomic mass is 16.6. The molecule has 3 N–H and O–H groups in total. The molecule has 138 valence electrons. The largest absolute Gasteiger partial charge is 0.504 e. The van der Waals surface area contributed by atoms with Crippen LogP contribution in [0.5, 0.6) is 11.5 Å². The minimum Gasteiger partial charge on any atom is -0.504 e. The number of benzene rings is 1. The third kappa shape index (κ3) is 2.01. The fourth-order valence-corrected chi connectivity index (χ4v) is 6.02. The molecule has 2 bridgehead atoms. The molecule has 1 spiro atoms. The van der Waals surface area contributed by atoms with Crippen molar-refractivity contribution in [3.63, 3.8) is 0 Å². The lowest BCUT2D eigenvalue weighted by Gasteiger charge is -2.49. The summed E-state index contributed by atoms with van der Waals surface area (Å²) in [5.74, 6) is 0.0608. The lowest BCUT2D eigenvalue weighted by Crippen LogP contribution is -2.51. The maximum Gasteiger partial charge on any atom is 0.161 e. The average molecular weight is 346 g/mol. The molecule has 0 amide bonds. The molecule has 4 nitrogen and oxygen atoms in total. The molecule has 1 aliphatic carbocycles. The lowest BCUT2D eigenvalue weighted by atomic mass is 9.59. The Morgan fingerprint density at radius 1 is 1.12 bits per heavy atom. The van der Waals surface area contributed by atoms with Gasteiger partial charge in [-0.15, -0.1) is 0 Å². The molecular weight excluding hydrogens is 316 g/mol. The van der Waals surface area contributed by atoms with Crippen molar-refractivity contribution < 1.29 is 20.1 Å². The highest BCUT2D eigenvalue weighted by Crippen LogP contribution is 2.65. The van der Waals surface area contributed by atoms with Gasteiger partial charge in [-0.25, -0.2) is 0 Å². The molecule has 4 rings (SSSR count). The van der Waals surface area contributed by atoms with E-state index in [0.29, 0.717) is 12.0 Å². The van der Waals surface area contributed by atoms with E-state index in [4.69, 9.17) is 4.74 Å². The molecule has 4 unspecified atom stereocenters. The van der Waals surface area contributed by atoms with Gasteiger partial charge in [-0.1, -0.05) is 34.1 Å². The number of aliphatic hydroxyl groups is 1. The predicted octanol–water partition coefficient (Wildman–Crippen LogP) is 3.95. The minimum absolute atomic E-state index is 0.0174. The Kier molecular flexibility index (Phi) is 3.38. The van der Waals surface area contributed by atoms with Gasteiger partial charge in [0, 0.05) is 23.5 Å². The summed E-state index contributed by atoms with van der Waals surface area (Å²) in [6.45, 7) is 10.4. The zero-order valence-corrected chi connectivity index (χ0v) is 15.9. The van der Waals surface area contributed by atoms with E-state index in [-0.39, 0.29) is 28.7 Å². The first-order valence-corrected chi connectivity index (χ1v) is 9.50. The van der Waals surface area contributed by atoms with Gasteiger partial charge in [0.15, 0.2) is 11.5 Å². The fourth-order valence-electron chi connectivity index (χ4n) is 6.02. The normalized spacial score (nSPS) is 38.5. The molecular formula is C21H30O4. The molecule has 25 heavy (non-hydrogen) atoms. The highest BCUT2D eigenvalue weighted by Gasteiger charge is 2.68. The number of rotatable bonds is 1. The molecule has 0 radical (unpaired) electrons. The van der Waals surface area contributed by atoms with Crippen LogP contribution in [0.3, 0.4) is 0 Å². The molecule has 2 aliphatic heterocycles. The molecule has 1 saturated heterocycles. The van der Waals surface area contributed by atoms with E-state index < -0.39 is 17.3 Å². The molecule has 3 aliphatic rings. The van der Waals surface area contributed by atoms with E-state index in [1.807, 2.05) is 26.8 Å². The number of phenolic OH excluding ortho intramolecular Hbond substituents is 2. The molecule has 4 heteroatoms. The summed E-state index contributed by atoms with van der Waals surface area (Å²) in [6, 6.07) is 1.94. The second kappa shape index (κ2) is 4.92. The van der Waals surface area contributed by atoms with E-state index in [1.165, 1.54) is 0 Å². The minimum atomic E-state index is -0.839. The maximum absolute atomic E-state index is 11.4. The Hall–Kier alpha value is -1.26. The number of aliphatic hydroxyl groups excluding tert-OH is 1. The summed E-state index contributed by atoms with van der Waals surface area (Å²) in [7, 11) is 0. The van der Waals surface area contributed by atoms with Gasteiger partial charge in [-0.2, -0.15) is 0 Å². The zero-order valence-electron chi connectivity index (χ0n) is 15.9. The Balaban J connectivity index is 1.96. The number of ether oxygens (including phenoxy) is 1. The van der Waals surface area contributed by atoms with E-state index in [9.17, 15) is 15.3 Å². The van der Waals surface area contributed by atoms with Crippen molar-refractivity contribution in [2.45, 2.75) is 83.5 Å². The van der Waals surface area contributed by atoms with E-state index in [1.54, 1.807) is 0 Å². The first-order valence-electron chi connectivity index (χ1n) is 9.50. The standard InChI is InChI=1S/C21H30O4/c1-11(2)12-9-14-13(16(23)15(12)22)10-21-8-6-7-19(3,4)17(21)18(24)20(14,5)25-21/h9,11,17-18,22-24H,6-8,10H2,1-5H3. The van der Waals surface area contributed by atoms with Crippen LogP contribution < -0.4 is 0 Å². The van der Waals surface area contributed by atoms with Crippen LogP contribution in [-0.4, -0.2) is 27.0 Å². The second-order valence-electron chi connectivity index (χ2n) is 9.56. The van der Waals surface area contributed by atoms with Crippen LogP contribution >= 0.6 is 0 Å². The van der Waals surface area contributed by atoms with Gasteiger partial charge in [-0.3, -0.25) is 0 Å². The van der Waals surface area contributed by atoms with Crippen LogP contribution in [0.2, 0.25) is 0 Å². The third-order valence-corrected chi connectivity index (χ3v) is 7.17. The Labute approximate surface area is 149 Å². The average Bonchev–Trinajstić information content (AvgIpc) is 2.69. The van der Waals surface area contributed by atoms with Crippen LogP contribution in [0, 0.1) is 11.3 Å². The van der Waals surface area contributed by atoms with Gasteiger partial charge in [0.25, 0.3) is 0 Å². The Bertz CT molecular complexity index is 738. The van der Waals surface area contributed by atoms with Gasteiger partial charge < -0.3 is 20.1 Å². The van der Waals surface area contributed by atoms with Crippen molar-refractivity contribution in [1.29, 1.82) is 0 Å². The summed E-state index contributed by atoms with van der Waals surface area (Å²) < 4.78 is 6.64. The van der Waals surface area contributed by atoms with Gasteiger partial charge in [-0.05, 0) is 42.7 Å². The second-order valence-corrected chi connectivity index (χ2v) is 9.56. The lowest BCUT2D eigenvalue weighted by molar-refractivity contribution is -0.151. The van der Waals surface area contributed by atoms with Crippen LogP contribution in [0.25, 0.3) is 0 Å². The Morgan fingerprint density at radius 2 is 1.80 bits per heavy atom. The predicted molar refractivity (Wildman–Crippen MR) is 95.9 cm³/mol. The molecule has 4 atom stereocenters. The highest BCUT2D eigenvalue weighted by molar-refractivity contribution is 5.59. The number of hydrogen-bond acceptors (Lipinski definition) is 4. The van der Waals surface area contributed by atoms with Crippen molar-refractivity contribution in [1.82, 2.24) is 0 Å². The van der Waals surface area contributed by atoms with Gasteiger partial charge in [0.2, 0.25) is 0 Å². The van der Waals surface area contributed by atoms with Gasteiger partial charge in [0.1, 0.15) is 5.60 Å². The van der Waals surface area contributed by atoms with Crippen molar-refractivity contribution >= 4 is 0 Å². The van der Waals surface area contributed by atoms with Crippen LogP contribution in [0.1, 0.15) is 76.5 Å². The van der Waals surface area contributed by atoms with Crippen LogP contribution in [0.15, 0.2) is 6.07 Å². The maximum atomic E-state index is 11.4. The number of hydrogen-bond donors (Lipinski definition) is 3. The monoisotopic (exact) mass is 346 g/mol. The first kappa shape index (κ1) is 17.2. The molecule has 2 heterocycles. The number of phenols is 2. The SMILES string of the molecule is CC(C)c1cc2c(c(O)c1O)CC13CCCC(C)(C)C1C(O)C2(C)O3. The van der Waals surface area contributed by atoms with Crippen molar-refractivity contribution in [2.75, 3.05) is 0 Å². The van der Waals surface area contributed by atoms with Crippen molar-refractivity contribution in [3.05, 3.63) is 22.8 Å². The first-order chi connectivity index (χ1) is 11.5. The summed E-state index contributed by atoms with van der Waals surface area (Å²) in [5.41, 5.74) is 1.000. The van der Waals surface area contributed by atoms with Gasteiger partial charge >= 0.3 is 0 Å². The number of aromatic hydroxyl groups is 2. The molecule has 0 aromatic heterocycles. The molecule has 1 saturated carbocycles. The quantitative estimate of drug-likeness (QED) is 0.674. The van der Waals surface area contributed by atoms with Crippen molar-refractivity contribution in [2.24, 2.45) is 11.3 Å². The Morgan fingerprint density at radius 3 is 2.44 bits per heavy atom. The van der Waals surface area contributed by atoms with E-state index in [0.717, 1.165) is 30.4 Å². The summed E-state index contributed by atoms with van der Waals surface area (Å²) in [4.78, 5) is 0. The fraction of sp³-hybridized carbons (Fsp3) is 0.714. The topological polar surface area (TPSA) is 69.9 Å². The molecule has 1 aromatic carbocycles. The van der Waals surface area contributed by atoms with Gasteiger partial charge in [0.05, 0.1) is 11.7 Å². The third-order valence-electron chi connectivity index (χ3n) is 7.17. The summed E-state index contributed by atoms with van der Waals surface area (Å²) >= 11 is 0. The summed E-state index contributed by atoms with van der Waals surface area (Å²) in [6.07, 6.45) is 2.95. The molecule has 1 aromatic rings. The van der Waals surface area contributed by atoms with Crippen LogP contribution in [0.4, 0.5) is 0 Å². The van der Waals surface area contributed by atoms with Crippen molar-refractivity contribution in [3.8, 4) is 11.5 Å². The van der Waals surface area contributed by atoms with Crippen LogP contribution in [-0.2, 0) is 16.8 Å². The summed E-state index contributed by atoms with van der Waals surface area (Å²) in [5, 5.41) is 32.6. The molecule has 2 fully saturated rings. The van der Waals surface area contributed by atoms with E-state index >= 15 is 0 Å².